The molecule has 0 spiro atoms. The van der Waals surface area contributed by atoms with Crippen LogP contribution >= 0.6 is 0 Å². The Hall–Kier alpha value is -2.73. The minimum absolute atomic E-state index is 0.00486. The highest BCUT2D eigenvalue weighted by Crippen LogP contribution is 2.37. The summed E-state index contributed by atoms with van der Waals surface area (Å²) < 4.78 is 17.0. The van der Waals surface area contributed by atoms with E-state index in [-0.39, 0.29) is 18.1 Å². The number of likely N-dealkylation sites (tertiary alicyclic amines) is 1. The molecule has 0 radical (unpaired) electrons. The van der Waals surface area contributed by atoms with E-state index in [1.54, 1.807) is 14.2 Å². The summed E-state index contributed by atoms with van der Waals surface area (Å²) in [5.74, 6) is 2.63. The smallest absolute Gasteiger partial charge is 0.237 e. The number of amides is 1. The minimum atomic E-state index is -0.00486. The van der Waals surface area contributed by atoms with Gasteiger partial charge in [0.1, 0.15) is 23.4 Å². The fourth-order valence-electron chi connectivity index (χ4n) is 4.56. The second-order valence-electron chi connectivity index (χ2n) is 8.06. The average molecular weight is 411 g/mol. The number of hydrogen-bond acceptors (Lipinski definition) is 5. The highest BCUT2D eigenvalue weighted by Gasteiger charge is 2.33. The molecule has 4 rings (SSSR count). The molecule has 1 saturated heterocycles. The fraction of sp³-hybridized carbons (Fsp3) is 0.458. The van der Waals surface area contributed by atoms with Crippen molar-refractivity contribution in [1.29, 1.82) is 0 Å². The standard InChI is InChI=1S/C24H30N2O4/c1-17-14-25(15-18-10-11-19(28-2)13-23(18)30-17)16-24(27)26-12-6-8-21(26)20-7-4-5-9-22(20)29-3/h4-5,7,9-11,13,17,21H,6,8,12,14-16H2,1-3H3. The Morgan fingerprint density at radius 3 is 2.80 bits per heavy atom. The molecule has 2 aromatic rings. The maximum Gasteiger partial charge on any atom is 0.237 e. The summed E-state index contributed by atoms with van der Waals surface area (Å²) in [7, 11) is 3.34. The molecule has 1 fully saturated rings. The first-order chi connectivity index (χ1) is 14.6. The Morgan fingerprint density at radius 1 is 1.17 bits per heavy atom. The molecule has 2 atom stereocenters. The van der Waals surface area contributed by atoms with Crippen molar-refractivity contribution in [3.63, 3.8) is 0 Å². The summed E-state index contributed by atoms with van der Waals surface area (Å²) >= 11 is 0. The zero-order valence-corrected chi connectivity index (χ0v) is 18.0. The van der Waals surface area contributed by atoms with Crippen LogP contribution in [0.3, 0.4) is 0 Å². The Labute approximate surface area is 178 Å². The van der Waals surface area contributed by atoms with E-state index in [1.807, 2.05) is 48.2 Å². The number of carbonyl (C=O) groups excluding carboxylic acids is 1. The lowest BCUT2D eigenvalue weighted by molar-refractivity contribution is -0.133. The molecular weight excluding hydrogens is 380 g/mol. The number of hydrogen-bond donors (Lipinski definition) is 0. The molecular formula is C24H30N2O4. The Kier molecular flexibility index (Phi) is 6.13. The van der Waals surface area contributed by atoms with E-state index in [4.69, 9.17) is 14.2 Å². The van der Waals surface area contributed by atoms with Gasteiger partial charge in [-0.25, -0.2) is 0 Å². The molecule has 0 aromatic heterocycles. The van der Waals surface area contributed by atoms with Crippen molar-refractivity contribution >= 4 is 5.91 Å². The summed E-state index contributed by atoms with van der Waals surface area (Å²) in [6, 6.07) is 14.0. The van der Waals surface area contributed by atoms with Crippen molar-refractivity contribution < 1.29 is 19.0 Å². The lowest BCUT2D eigenvalue weighted by Crippen LogP contribution is -2.42. The molecule has 0 aliphatic carbocycles. The lowest BCUT2D eigenvalue weighted by Gasteiger charge is -2.29. The summed E-state index contributed by atoms with van der Waals surface area (Å²) in [5.41, 5.74) is 2.17. The van der Waals surface area contributed by atoms with Gasteiger partial charge in [-0.2, -0.15) is 0 Å². The minimum Gasteiger partial charge on any atom is -0.497 e. The Balaban J connectivity index is 1.49. The maximum absolute atomic E-state index is 13.3. The molecule has 2 aliphatic heterocycles. The van der Waals surface area contributed by atoms with Gasteiger partial charge in [0.15, 0.2) is 0 Å². The normalized spacial score (nSPS) is 21.5. The van der Waals surface area contributed by atoms with E-state index in [2.05, 4.69) is 11.0 Å². The van der Waals surface area contributed by atoms with Gasteiger partial charge in [-0.3, -0.25) is 9.69 Å². The predicted octanol–water partition coefficient (Wildman–Crippen LogP) is 3.65. The molecule has 2 aliphatic rings. The number of para-hydroxylation sites is 1. The van der Waals surface area contributed by atoms with Crippen molar-refractivity contribution in [3.8, 4) is 17.2 Å². The zero-order valence-electron chi connectivity index (χ0n) is 18.0. The van der Waals surface area contributed by atoms with Gasteiger partial charge in [-0.05, 0) is 31.9 Å². The van der Waals surface area contributed by atoms with Gasteiger partial charge in [0.25, 0.3) is 0 Å². The van der Waals surface area contributed by atoms with Crippen LogP contribution in [0, 0.1) is 0 Å². The lowest BCUT2D eigenvalue weighted by atomic mass is 10.0. The second-order valence-corrected chi connectivity index (χ2v) is 8.06. The molecule has 1 amide bonds. The Morgan fingerprint density at radius 2 is 2.00 bits per heavy atom. The molecule has 2 heterocycles. The molecule has 2 unspecified atom stereocenters. The molecule has 160 valence electrons. The van der Waals surface area contributed by atoms with Gasteiger partial charge in [-0.15, -0.1) is 0 Å². The van der Waals surface area contributed by atoms with E-state index in [9.17, 15) is 4.79 Å². The van der Waals surface area contributed by atoms with Crippen LogP contribution in [0.15, 0.2) is 42.5 Å². The molecule has 2 aromatic carbocycles. The number of carbonyl (C=O) groups is 1. The Bertz CT molecular complexity index is 901. The molecule has 0 saturated carbocycles. The highest BCUT2D eigenvalue weighted by molar-refractivity contribution is 5.79. The second kappa shape index (κ2) is 8.96. The van der Waals surface area contributed by atoms with Crippen molar-refractivity contribution in [1.82, 2.24) is 9.80 Å². The van der Waals surface area contributed by atoms with Gasteiger partial charge in [0.05, 0.1) is 26.8 Å². The summed E-state index contributed by atoms with van der Waals surface area (Å²) in [6.45, 7) is 4.60. The van der Waals surface area contributed by atoms with Crippen molar-refractivity contribution in [2.75, 3.05) is 33.9 Å². The van der Waals surface area contributed by atoms with E-state index in [1.165, 1.54) is 0 Å². The number of fused-ring (bicyclic) bond motifs is 1. The van der Waals surface area contributed by atoms with E-state index >= 15 is 0 Å². The van der Waals surface area contributed by atoms with E-state index in [0.717, 1.165) is 47.8 Å². The molecule has 6 nitrogen and oxygen atoms in total. The molecule has 0 N–H and O–H groups in total. The van der Waals surface area contributed by atoms with Crippen LogP contribution in [0.5, 0.6) is 17.2 Å². The number of ether oxygens (including phenoxy) is 3. The van der Waals surface area contributed by atoms with Crippen LogP contribution in [-0.4, -0.2) is 55.7 Å². The van der Waals surface area contributed by atoms with Crippen LogP contribution in [0.2, 0.25) is 0 Å². The van der Waals surface area contributed by atoms with E-state index in [0.29, 0.717) is 19.6 Å². The van der Waals surface area contributed by atoms with Crippen LogP contribution < -0.4 is 14.2 Å². The summed E-state index contributed by atoms with van der Waals surface area (Å²) in [4.78, 5) is 17.5. The summed E-state index contributed by atoms with van der Waals surface area (Å²) in [5, 5.41) is 0. The highest BCUT2D eigenvalue weighted by atomic mass is 16.5. The molecule has 0 bridgehead atoms. The van der Waals surface area contributed by atoms with Crippen LogP contribution in [0.4, 0.5) is 0 Å². The third-order valence-corrected chi connectivity index (χ3v) is 5.94. The average Bonchev–Trinajstić information content (AvgIpc) is 3.18. The van der Waals surface area contributed by atoms with Gasteiger partial charge in [0.2, 0.25) is 5.91 Å². The quantitative estimate of drug-likeness (QED) is 0.753. The third kappa shape index (κ3) is 4.24. The number of nitrogens with zero attached hydrogens (tertiary/aromatic N) is 2. The topological polar surface area (TPSA) is 51.2 Å². The zero-order chi connectivity index (χ0) is 21.1. The molecule has 6 heteroatoms. The fourth-order valence-corrected chi connectivity index (χ4v) is 4.56. The number of benzene rings is 2. The number of rotatable bonds is 5. The van der Waals surface area contributed by atoms with Gasteiger partial charge in [0, 0.05) is 36.8 Å². The van der Waals surface area contributed by atoms with Crippen molar-refractivity contribution in [2.45, 2.75) is 38.5 Å². The van der Waals surface area contributed by atoms with Crippen LogP contribution in [-0.2, 0) is 11.3 Å². The SMILES string of the molecule is COc1ccc2c(c1)OC(C)CN(CC(=O)N1CCCC1c1ccccc1OC)C2. The number of methoxy groups -OCH3 is 2. The first kappa shape index (κ1) is 20.5. The van der Waals surface area contributed by atoms with Crippen molar-refractivity contribution in [2.24, 2.45) is 0 Å². The van der Waals surface area contributed by atoms with Crippen LogP contribution in [0.25, 0.3) is 0 Å². The van der Waals surface area contributed by atoms with Gasteiger partial charge in [-0.1, -0.05) is 24.3 Å². The summed E-state index contributed by atoms with van der Waals surface area (Å²) in [6.07, 6.45) is 1.97. The van der Waals surface area contributed by atoms with Gasteiger partial charge < -0.3 is 19.1 Å². The first-order valence-corrected chi connectivity index (χ1v) is 10.6. The van der Waals surface area contributed by atoms with E-state index < -0.39 is 0 Å². The first-order valence-electron chi connectivity index (χ1n) is 10.6. The third-order valence-electron chi connectivity index (χ3n) is 5.94. The molecule has 30 heavy (non-hydrogen) atoms. The van der Waals surface area contributed by atoms with Gasteiger partial charge >= 0.3 is 0 Å². The maximum atomic E-state index is 13.3. The van der Waals surface area contributed by atoms with Crippen LogP contribution in [0.1, 0.15) is 36.9 Å². The van der Waals surface area contributed by atoms with Crippen molar-refractivity contribution in [3.05, 3.63) is 53.6 Å². The monoisotopic (exact) mass is 410 g/mol. The largest absolute Gasteiger partial charge is 0.497 e. The predicted molar refractivity (Wildman–Crippen MR) is 115 cm³/mol.